The third kappa shape index (κ3) is 4.99. The van der Waals surface area contributed by atoms with E-state index in [0.29, 0.717) is 11.5 Å². The maximum atomic E-state index is 3.45. The first-order valence-corrected chi connectivity index (χ1v) is 7.41. The molecule has 0 aliphatic carbocycles. The highest BCUT2D eigenvalue weighted by atomic mass is 14.9. The molecular formula is C18H31N. The summed E-state index contributed by atoms with van der Waals surface area (Å²) in [5.41, 5.74) is 3.42. The minimum atomic E-state index is 0.247. The fourth-order valence-corrected chi connectivity index (χ4v) is 2.49. The molecule has 0 radical (unpaired) electrons. The smallest absolute Gasteiger partial charge is 0.0116 e. The van der Waals surface area contributed by atoms with Crippen LogP contribution < -0.4 is 5.32 Å². The van der Waals surface area contributed by atoms with Crippen molar-refractivity contribution < 1.29 is 0 Å². The van der Waals surface area contributed by atoms with E-state index in [0.717, 1.165) is 6.42 Å². The zero-order valence-corrected chi connectivity index (χ0v) is 13.8. The van der Waals surface area contributed by atoms with Gasteiger partial charge in [-0.2, -0.15) is 0 Å². The molecule has 1 nitrogen and oxygen atoms in total. The fourth-order valence-electron chi connectivity index (χ4n) is 2.49. The standard InChI is InChI=1S/C18H31N/c1-17(2,3)15-11-8-14(9-12-15)10-13-16(19-7)18(4,5)6/h8-9,11-12,16,19H,10,13H2,1-7H3. The molecule has 1 aromatic carbocycles. The lowest BCUT2D eigenvalue weighted by atomic mass is 9.83. The van der Waals surface area contributed by atoms with Crippen LogP contribution in [0.15, 0.2) is 24.3 Å². The van der Waals surface area contributed by atoms with Crippen molar-refractivity contribution in [2.75, 3.05) is 7.05 Å². The molecule has 0 bridgehead atoms. The quantitative estimate of drug-likeness (QED) is 0.838. The second kappa shape index (κ2) is 6.09. The third-order valence-corrected chi connectivity index (χ3v) is 3.94. The molecule has 0 heterocycles. The van der Waals surface area contributed by atoms with E-state index < -0.39 is 0 Å². The van der Waals surface area contributed by atoms with Crippen molar-refractivity contribution in [2.24, 2.45) is 5.41 Å². The van der Waals surface area contributed by atoms with Gasteiger partial charge in [0.1, 0.15) is 0 Å². The lowest BCUT2D eigenvalue weighted by Gasteiger charge is -2.30. The van der Waals surface area contributed by atoms with Crippen molar-refractivity contribution in [3.05, 3.63) is 35.4 Å². The summed E-state index contributed by atoms with van der Waals surface area (Å²) >= 11 is 0. The van der Waals surface area contributed by atoms with Gasteiger partial charge in [0.05, 0.1) is 0 Å². The Bertz CT molecular complexity index is 376. The topological polar surface area (TPSA) is 12.0 Å². The molecular weight excluding hydrogens is 230 g/mol. The fraction of sp³-hybridized carbons (Fsp3) is 0.667. The van der Waals surface area contributed by atoms with Crippen LogP contribution in [0.25, 0.3) is 0 Å². The van der Waals surface area contributed by atoms with Gasteiger partial charge >= 0.3 is 0 Å². The molecule has 0 aliphatic rings. The molecule has 1 unspecified atom stereocenters. The molecule has 1 atom stereocenters. The van der Waals surface area contributed by atoms with Gasteiger partial charge in [0.2, 0.25) is 0 Å². The van der Waals surface area contributed by atoms with Crippen molar-refractivity contribution >= 4 is 0 Å². The molecule has 108 valence electrons. The second-order valence-corrected chi connectivity index (χ2v) is 7.69. The Morgan fingerprint density at radius 1 is 0.947 bits per heavy atom. The van der Waals surface area contributed by atoms with Crippen LogP contribution in [0, 0.1) is 5.41 Å². The highest BCUT2D eigenvalue weighted by molar-refractivity contribution is 5.27. The number of rotatable bonds is 4. The number of benzene rings is 1. The zero-order chi connectivity index (χ0) is 14.7. The maximum absolute atomic E-state index is 3.45. The van der Waals surface area contributed by atoms with E-state index in [-0.39, 0.29) is 5.41 Å². The Labute approximate surface area is 119 Å². The van der Waals surface area contributed by atoms with Gasteiger partial charge in [-0.25, -0.2) is 0 Å². The summed E-state index contributed by atoms with van der Waals surface area (Å²) in [5.74, 6) is 0. The summed E-state index contributed by atoms with van der Waals surface area (Å²) in [6.45, 7) is 13.7. The molecule has 0 aliphatic heterocycles. The van der Waals surface area contributed by atoms with E-state index in [1.807, 2.05) is 0 Å². The van der Waals surface area contributed by atoms with Crippen molar-refractivity contribution in [1.29, 1.82) is 0 Å². The lowest BCUT2D eigenvalue weighted by molar-refractivity contribution is 0.268. The van der Waals surface area contributed by atoms with Gasteiger partial charge < -0.3 is 5.32 Å². The largest absolute Gasteiger partial charge is 0.316 e. The summed E-state index contributed by atoms with van der Waals surface area (Å²) in [6.07, 6.45) is 2.34. The molecule has 1 heteroatoms. The van der Waals surface area contributed by atoms with Gasteiger partial charge in [-0.05, 0) is 41.8 Å². The number of hydrogen-bond acceptors (Lipinski definition) is 1. The highest BCUT2D eigenvalue weighted by Gasteiger charge is 2.22. The summed E-state index contributed by atoms with van der Waals surface area (Å²) in [5, 5.41) is 3.45. The number of aryl methyl sites for hydroxylation is 1. The molecule has 0 spiro atoms. The molecule has 1 rings (SSSR count). The number of hydrogen-bond donors (Lipinski definition) is 1. The summed E-state index contributed by atoms with van der Waals surface area (Å²) in [6, 6.07) is 9.70. The Morgan fingerprint density at radius 2 is 1.47 bits per heavy atom. The van der Waals surface area contributed by atoms with Gasteiger partial charge in [0.25, 0.3) is 0 Å². The molecule has 0 fully saturated rings. The molecule has 1 N–H and O–H groups in total. The summed E-state index contributed by atoms with van der Waals surface area (Å²) in [4.78, 5) is 0. The molecule has 0 saturated heterocycles. The first-order chi connectivity index (χ1) is 8.64. The van der Waals surface area contributed by atoms with Crippen LogP contribution in [-0.4, -0.2) is 13.1 Å². The van der Waals surface area contributed by atoms with Gasteiger partial charge in [-0.15, -0.1) is 0 Å². The maximum Gasteiger partial charge on any atom is 0.0116 e. The van der Waals surface area contributed by atoms with E-state index in [1.165, 1.54) is 17.5 Å². The average molecular weight is 261 g/mol. The molecule has 0 aromatic heterocycles. The predicted octanol–water partition coefficient (Wildman–Crippen LogP) is 4.55. The molecule has 0 saturated carbocycles. The van der Waals surface area contributed by atoms with Gasteiger partial charge in [0.15, 0.2) is 0 Å². The van der Waals surface area contributed by atoms with E-state index in [2.05, 4.69) is 78.2 Å². The van der Waals surface area contributed by atoms with E-state index in [1.54, 1.807) is 0 Å². The first-order valence-electron chi connectivity index (χ1n) is 7.41. The van der Waals surface area contributed by atoms with Crippen LogP contribution in [0.1, 0.15) is 59.1 Å². The van der Waals surface area contributed by atoms with Crippen LogP contribution in [0.2, 0.25) is 0 Å². The predicted molar refractivity (Wildman–Crippen MR) is 85.8 cm³/mol. The van der Waals surface area contributed by atoms with Crippen molar-refractivity contribution in [2.45, 2.75) is 65.8 Å². The van der Waals surface area contributed by atoms with Crippen molar-refractivity contribution in [3.63, 3.8) is 0 Å². The first kappa shape index (κ1) is 16.2. The molecule has 0 amide bonds. The second-order valence-electron chi connectivity index (χ2n) is 7.69. The van der Waals surface area contributed by atoms with Crippen LogP contribution in [-0.2, 0) is 11.8 Å². The Morgan fingerprint density at radius 3 is 1.84 bits per heavy atom. The third-order valence-electron chi connectivity index (χ3n) is 3.94. The van der Waals surface area contributed by atoms with E-state index in [9.17, 15) is 0 Å². The summed E-state index contributed by atoms with van der Waals surface area (Å²) < 4.78 is 0. The van der Waals surface area contributed by atoms with Crippen molar-refractivity contribution in [3.8, 4) is 0 Å². The van der Waals surface area contributed by atoms with Crippen LogP contribution in [0.5, 0.6) is 0 Å². The summed E-state index contributed by atoms with van der Waals surface area (Å²) in [7, 11) is 2.07. The Kier molecular flexibility index (Phi) is 5.20. The average Bonchev–Trinajstić information content (AvgIpc) is 2.27. The Balaban J connectivity index is 2.64. The highest BCUT2D eigenvalue weighted by Crippen LogP contribution is 2.25. The van der Waals surface area contributed by atoms with Crippen LogP contribution >= 0.6 is 0 Å². The van der Waals surface area contributed by atoms with E-state index in [4.69, 9.17) is 0 Å². The monoisotopic (exact) mass is 261 g/mol. The van der Waals surface area contributed by atoms with Crippen molar-refractivity contribution in [1.82, 2.24) is 5.32 Å². The van der Waals surface area contributed by atoms with E-state index >= 15 is 0 Å². The Hall–Kier alpha value is -0.820. The minimum Gasteiger partial charge on any atom is -0.316 e. The number of nitrogens with one attached hydrogen (secondary N) is 1. The van der Waals surface area contributed by atoms with Crippen LogP contribution in [0.3, 0.4) is 0 Å². The van der Waals surface area contributed by atoms with Gasteiger partial charge in [0, 0.05) is 6.04 Å². The lowest BCUT2D eigenvalue weighted by Crippen LogP contribution is -2.38. The molecule has 1 aromatic rings. The SMILES string of the molecule is CNC(CCc1ccc(C(C)(C)C)cc1)C(C)(C)C. The van der Waals surface area contributed by atoms with Crippen LogP contribution in [0.4, 0.5) is 0 Å². The zero-order valence-electron chi connectivity index (χ0n) is 13.8. The van der Waals surface area contributed by atoms with Gasteiger partial charge in [-0.3, -0.25) is 0 Å². The normalized spacial score (nSPS) is 14.5. The minimum absolute atomic E-state index is 0.247. The van der Waals surface area contributed by atoms with Gasteiger partial charge in [-0.1, -0.05) is 65.8 Å². The molecule has 19 heavy (non-hydrogen) atoms.